The van der Waals surface area contributed by atoms with Crippen LogP contribution in [0.4, 0.5) is 4.79 Å². The lowest BCUT2D eigenvalue weighted by Gasteiger charge is -2.30. The molecule has 0 atom stereocenters. The van der Waals surface area contributed by atoms with E-state index in [1.807, 2.05) is 0 Å². The van der Waals surface area contributed by atoms with Crippen LogP contribution < -0.4 is 11.1 Å². The van der Waals surface area contributed by atoms with E-state index in [2.05, 4.69) is 5.32 Å². The van der Waals surface area contributed by atoms with Crippen molar-refractivity contribution in [2.75, 3.05) is 19.6 Å². The van der Waals surface area contributed by atoms with Crippen molar-refractivity contribution in [3.8, 4) is 0 Å². The van der Waals surface area contributed by atoms with Crippen LogP contribution in [0.1, 0.15) is 25.7 Å². The van der Waals surface area contributed by atoms with Gasteiger partial charge in [-0.05, 0) is 25.7 Å². The Hall–Kier alpha value is -1.79. The SMILES string of the molecule is NC(=O)C1CCN(C(=O)NCC2(C(=O)O)CC2)CC1. The zero-order chi connectivity index (χ0) is 14.0. The second-order valence-electron chi connectivity index (χ2n) is 5.41. The zero-order valence-electron chi connectivity index (χ0n) is 10.7. The predicted octanol–water partition coefficient (Wildman–Crippen LogP) is -0.242. The van der Waals surface area contributed by atoms with Crippen molar-refractivity contribution in [3.63, 3.8) is 0 Å². The van der Waals surface area contributed by atoms with Gasteiger partial charge in [0.25, 0.3) is 0 Å². The number of urea groups is 1. The summed E-state index contributed by atoms with van der Waals surface area (Å²) in [5, 5.41) is 11.7. The topological polar surface area (TPSA) is 113 Å². The Balaban J connectivity index is 1.76. The van der Waals surface area contributed by atoms with Crippen LogP contribution in [-0.4, -0.2) is 47.5 Å². The second-order valence-corrected chi connectivity index (χ2v) is 5.41. The number of carboxylic acid groups (broad SMARTS) is 1. The van der Waals surface area contributed by atoms with Crippen LogP contribution in [-0.2, 0) is 9.59 Å². The highest BCUT2D eigenvalue weighted by atomic mass is 16.4. The minimum absolute atomic E-state index is 0.155. The number of hydrogen-bond acceptors (Lipinski definition) is 3. The number of primary amides is 1. The van der Waals surface area contributed by atoms with Gasteiger partial charge >= 0.3 is 12.0 Å². The molecule has 0 aromatic rings. The van der Waals surface area contributed by atoms with Crippen LogP contribution in [0, 0.1) is 11.3 Å². The van der Waals surface area contributed by atoms with E-state index in [0.29, 0.717) is 38.8 Å². The first kappa shape index (κ1) is 13.6. The van der Waals surface area contributed by atoms with Crippen molar-refractivity contribution < 1.29 is 19.5 Å². The van der Waals surface area contributed by atoms with Crippen molar-refractivity contribution in [2.24, 2.45) is 17.1 Å². The Bertz CT molecular complexity index is 398. The smallest absolute Gasteiger partial charge is 0.317 e. The molecule has 2 aliphatic rings. The average Bonchev–Trinajstić information content (AvgIpc) is 3.17. The summed E-state index contributed by atoms with van der Waals surface area (Å²) >= 11 is 0. The van der Waals surface area contributed by atoms with Crippen LogP contribution in [0.15, 0.2) is 0 Å². The molecule has 3 amide bonds. The van der Waals surface area contributed by atoms with Gasteiger partial charge in [0.2, 0.25) is 5.91 Å². The van der Waals surface area contributed by atoms with Crippen molar-refractivity contribution in [2.45, 2.75) is 25.7 Å². The number of nitrogens with zero attached hydrogens (tertiary/aromatic N) is 1. The molecule has 19 heavy (non-hydrogen) atoms. The van der Waals surface area contributed by atoms with E-state index in [0.717, 1.165) is 0 Å². The fraction of sp³-hybridized carbons (Fsp3) is 0.750. The third-order valence-corrected chi connectivity index (χ3v) is 4.07. The van der Waals surface area contributed by atoms with Crippen molar-refractivity contribution >= 4 is 17.9 Å². The molecule has 7 nitrogen and oxygen atoms in total. The number of amides is 3. The maximum absolute atomic E-state index is 11.9. The minimum atomic E-state index is -0.847. The van der Waals surface area contributed by atoms with Gasteiger partial charge in [-0.1, -0.05) is 0 Å². The molecule has 1 saturated carbocycles. The number of nitrogens with two attached hydrogens (primary N) is 1. The van der Waals surface area contributed by atoms with Gasteiger partial charge in [0.15, 0.2) is 0 Å². The number of nitrogens with one attached hydrogen (secondary N) is 1. The third kappa shape index (κ3) is 2.97. The molecular weight excluding hydrogens is 250 g/mol. The fourth-order valence-electron chi connectivity index (χ4n) is 2.34. The molecule has 1 heterocycles. The molecule has 106 valence electrons. The zero-order valence-corrected chi connectivity index (χ0v) is 10.7. The summed E-state index contributed by atoms with van der Waals surface area (Å²) in [5.41, 5.74) is 4.47. The number of rotatable bonds is 4. The number of piperidine rings is 1. The number of aliphatic carboxylic acids is 1. The lowest BCUT2D eigenvalue weighted by atomic mass is 9.96. The van der Waals surface area contributed by atoms with E-state index in [9.17, 15) is 14.4 Å². The van der Waals surface area contributed by atoms with E-state index in [1.165, 1.54) is 0 Å². The largest absolute Gasteiger partial charge is 0.481 e. The number of carbonyl (C=O) groups is 3. The van der Waals surface area contributed by atoms with Crippen molar-refractivity contribution in [1.29, 1.82) is 0 Å². The predicted molar refractivity (Wildman–Crippen MR) is 66.2 cm³/mol. The third-order valence-electron chi connectivity index (χ3n) is 4.07. The van der Waals surface area contributed by atoms with Crippen molar-refractivity contribution in [1.82, 2.24) is 10.2 Å². The molecule has 7 heteroatoms. The van der Waals surface area contributed by atoms with Gasteiger partial charge < -0.3 is 21.1 Å². The van der Waals surface area contributed by atoms with Gasteiger partial charge in [0.05, 0.1) is 5.41 Å². The van der Waals surface area contributed by atoms with Crippen LogP contribution in [0.3, 0.4) is 0 Å². The van der Waals surface area contributed by atoms with E-state index < -0.39 is 11.4 Å². The first-order chi connectivity index (χ1) is 8.94. The highest BCUT2D eigenvalue weighted by Gasteiger charge is 2.50. The molecule has 0 radical (unpaired) electrons. The lowest BCUT2D eigenvalue weighted by Crippen LogP contribution is -2.48. The van der Waals surface area contributed by atoms with E-state index in [1.54, 1.807) is 4.90 Å². The van der Waals surface area contributed by atoms with Gasteiger partial charge in [-0.3, -0.25) is 9.59 Å². The summed E-state index contributed by atoms with van der Waals surface area (Å²) in [4.78, 5) is 35.5. The van der Waals surface area contributed by atoms with Crippen molar-refractivity contribution in [3.05, 3.63) is 0 Å². The number of hydrogen-bond donors (Lipinski definition) is 3. The van der Waals surface area contributed by atoms with Gasteiger partial charge in [-0.25, -0.2) is 4.79 Å². The molecule has 0 aromatic heterocycles. The standard InChI is InChI=1S/C12H19N3O4/c13-9(16)8-1-5-15(6-2-8)11(19)14-7-12(3-4-12)10(17)18/h8H,1-7H2,(H2,13,16)(H,14,19)(H,17,18). The Morgan fingerprint density at radius 2 is 1.84 bits per heavy atom. The summed E-state index contributed by atoms with van der Waals surface area (Å²) in [6.07, 6.45) is 2.39. The van der Waals surface area contributed by atoms with E-state index in [4.69, 9.17) is 10.8 Å². The number of carbonyl (C=O) groups excluding carboxylic acids is 2. The molecular formula is C12H19N3O4. The monoisotopic (exact) mass is 269 g/mol. The lowest BCUT2D eigenvalue weighted by molar-refractivity contribution is -0.143. The molecule has 0 aromatic carbocycles. The average molecular weight is 269 g/mol. The van der Waals surface area contributed by atoms with Crippen LogP contribution in [0.25, 0.3) is 0 Å². The van der Waals surface area contributed by atoms with Crippen LogP contribution in [0.2, 0.25) is 0 Å². The fourth-order valence-corrected chi connectivity index (χ4v) is 2.34. The molecule has 2 rings (SSSR count). The quantitative estimate of drug-likeness (QED) is 0.653. The molecule has 2 fully saturated rings. The minimum Gasteiger partial charge on any atom is -0.481 e. The van der Waals surface area contributed by atoms with E-state index in [-0.39, 0.29) is 24.4 Å². The summed E-state index contributed by atoms with van der Waals surface area (Å²) in [6.45, 7) is 1.15. The Labute approximate surface area is 111 Å². The van der Waals surface area contributed by atoms with Crippen LogP contribution in [0.5, 0.6) is 0 Å². The summed E-state index contributed by atoms with van der Waals surface area (Å²) in [5.74, 6) is -1.32. The molecule has 1 saturated heterocycles. The Morgan fingerprint density at radius 1 is 1.26 bits per heavy atom. The number of carboxylic acids is 1. The van der Waals surface area contributed by atoms with Crippen LogP contribution >= 0.6 is 0 Å². The van der Waals surface area contributed by atoms with Gasteiger partial charge in [-0.15, -0.1) is 0 Å². The van der Waals surface area contributed by atoms with E-state index >= 15 is 0 Å². The molecule has 0 unspecified atom stereocenters. The first-order valence-electron chi connectivity index (χ1n) is 6.50. The maximum Gasteiger partial charge on any atom is 0.317 e. The summed E-state index contributed by atoms with van der Waals surface area (Å²) in [7, 11) is 0. The van der Waals surface area contributed by atoms with Gasteiger partial charge in [0.1, 0.15) is 0 Å². The Kier molecular flexibility index (Phi) is 3.64. The molecule has 4 N–H and O–H groups in total. The maximum atomic E-state index is 11.9. The highest BCUT2D eigenvalue weighted by molar-refractivity contribution is 5.81. The second kappa shape index (κ2) is 5.07. The number of likely N-dealkylation sites (tertiary alicyclic amines) is 1. The molecule has 0 spiro atoms. The summed E-state index contributed by atoms with van der Waals surface area (Å²) in [6, 6.07) is -0.254. The normalized spacial score (nSPS) is 21.8. The highest BCUT2D eigenvalue weighted by Crippen LogP contribution is 2.45. The van der Waals surface area contributed by atoms with Gasteiger partial charge in [-0.2, -0.15) is 0 Å². The molecule has 1 aliphatic heterocycles. The van der Waals surface area contributed by atoms with Gasteiger partial charge in [0, 0.05) is 25.6 Å². The first-order valence-corrected chi connectivity index (χ1v) is 6.50. The molecule has 0 bridgehead atoms. The molecule has 1 aliphatic carbocycles. The summed E-state index contributed by atoms with van der Waals surface area (Å²) < 4.78 is 0. The Morgan fingerprint density at radius 3 is 2.26 bits per heavy atom.